The molecule has 1 aromatic heterocycles. The van der Waals surface area contributed by atoms with Gasteiger partial charge in [0.1, 0.15) is 0 Å². The van der Waals surface area contributed by atoms with E-state index in [2.05, 4.69) is 53.1 Å². The van der Waals surface area contributed by atoms with Crippen molar-refractivity contribution in [1.82, 2.24) is 14.7 Å². The average molecular weight is 501 g/mol. The first kappa shape index (κ1) is 20.4. The van der Waals surface area contributed by atoms with Crippen LogP contribution in [0.3, 0.4) is 0 Å². The molecule has 4 bridgehead atoms. The van der Waals surface area contributed by atoms with Gasteiger partial charge >= 0.3 is 6.09 Å². The lowest BCUT2D eigenvalue weighted by molar-refractivity contribution is -0.248. The van der Waals surface area contributed by atoms with E-state index in [9.17, 15) is 4.79 Å². The highest BCUT2D eigenvalue weighted by Crippen LogP contribution is 2.72. The van der Waals surface area contributed by atoms with E-state index < -0.39 is 6.09 Å². The minimum atomic E-state index is -0.895. The standard InChI is InChI=1S/C21H32IN3O3/c1-15-16(22)7-23-25(15)14-20-9-18(2)8-19(3,10-20)12-21(11-18,13-20)28-6-5-24(4)17(26)27/h7H,5-6,8-14H2,1-4H3,(H,26,27). The maximum absolute atomic E-state index is 11.1. The van der Waals surface area contributed by atoms with Gasteiger partial charge in [0.05, 0.1) is 22.0 Å². The SMILES string of the molecule is Cc1c(I)cnn1CC12CC3(C)CC(C)(C1)CC(OCCN(C)C(=O)O)(C3)C2. The topological polar surface area (TPSA) is 67.6 Å². The Kier molecular flexibility index (Phi) is 4.81. The number of hydrogen-bond acceptors (Lipinski definition) is 3. The van der Waals surface area contributed by atoms with Gasteiger partial charge in [0.15, 0.2) is 0 Å². The first-order valence-corrected chi connectivity index (χ1v) is 11.3. The van der Waals surface area contributed by atoms with Crippen LogP contribution in [0.2, 0.25) is 0 Å². The molecule has 2 unspecified atom stereocenters. The van der Waals surface area contributed by atoms with E-state index in [1.807, 2.05) is 6.20 Å². The molecule has 28 heavy (non-hydrogen) atoms. The fourth-order valence-corrected chi connectivity index (χ4v) is 7.95. The van der Waals surface area contributed by atoms with Gasteiger partial charge in [-0.05, 0) is 84.3 Å². The fourth-order valence-electron chi connectivity index (χ4n) is 7.55. The molecule has 1 N–H and O–H groups in total. The lowest BCUT2D eigenvalue weighted by Crippen LogP contribution is -2.64. The smallest absolute Gasteiger partial charge is 0.407 e. The summed E-state index contributed by atoms with van der Waals surface area (Å²) < 4.78 is 9.98. The molecule has 2 atom stereocenters. The molecule has 5 rings (SSSR count). The third kappa shape index (κ3) is 3.57. The van der Waals surface area contributed by atoms with Crippen molar-refractivity contribution >= 4 is 28.7 Å². The van der Waals surface area contributed by atoms with Crippen molar-refractivity contribution in [3.05, 3.63) is 15.5 Å². The maximum Gasteiger partial charge on any atom is 0.407 e. The Balaban J connectivity index is 1.58. The van der Waals surface area contributed by atoms with E-state index in [0.29, 0.717) is 24.0 Å². The number of likely N-dealkylation sites (N-methyl/N-ethyl adjacent to an activating group) is 1. The molecule has 0 radical (unpaired) electrons. The van der Waals surface area contributed by atoms with Crippen LogP contribution in [0.15, 0.2) is 6.20 Å². The zero-order chi connectivity index (χ0) is 20.4. The monoisotopic (exact) mass is 501 g/mol. The molecule has 1 heterocycles. The molecule has 156 valence electrons. The predicted octanol–water partition coefficient (Wildman–Crippen LogP) is 4.54. The number of halogens is 1. The van der Waals surface area contributed by atoms with Crippen LogP contribution in [0.1, 0.15) is 58.1 Å². The van der Waals surface area contributed by atoms with E-state index in [-0.39, 0.29) is 11.0 Å². The van der Waals surface area contributed by atoms with Gasteiger partial charge in [0, 0.05) is 25.8 Å². The Bertz CT molecular complexity index is 774. The van der Waals surface area contributed by atoms with Crippen LogP contribution in [-0.2, 0) is 11.3 Å². The van der Waals surface area contributed by atoms with Crippen LogP contribution < -0.4 is 0 Å². The van der Waals surface area contributed by atoms with Crippen molar-refractivity contribution in [3.8, 4) is 0 Å². The van der Waals surface area contributed by atoms with Gasteiger partial charge < -0.3 is 14.7 Å². The van der Waals surface area contributed by atoms with Crippen molar-refractivity contribution < 1.29 is 14.6 Å². The summed E-state index contributed by atoms with van der Waals surface area (Å²) in [4.78, 5) is 12.4. The minimum absolute atomic E-state index is 0.119. The summed E-state index contributed by atoms with van der Waals surface area (Å²) in [6.07, 6.45) is 8.10. The first-order chi connectivity index (χ1) is 13.0. The number of nitrogens with zero attached hydrogens (tertiary/aromatic N) is 3. The van der Waals surface area contributed by atoms with E-state index in [0.717, 1.165) is 25.8 Å². The Morgan fingerprint density at radius 3 is 2.43 bits per heavy atom. The van der Waals surface area contributed by atoms with Crippen LogP contribution in [0.25, 0.3) is 0 Å². The molecule has 0 aromatic carbocycles. The lowest BCUT2D eigenvalue weighted by Gasteiger charge is -2.69. The van der Waals surface area contributed by atoms with E-state index >= 15 is 0 Å². The Hall–Kier alpha value is -0.830. The summed E-state index contributed by atoms with van der Waals surface area (Å²) in [5.41, 5.74) is 1.96. The highest BCUT2D eigenvalue weighted by Gasteiger charge is 2.66. The Labute approximate surface area is 181 Å². The minimum Gasteiger partial charge on any atom is -0.465 e. The Morgan fingerprint density at radius 1 is 1.25 bits per heavy atom. The highest BCUT2D eigenvalue weighted by molar-refractivity contribution is 14.1. The number of carbonyl (C=O) groups is 1. The van der Waals surface area contributed by atoms with Gasteiger partial charge in [0.25, 0.3) is 0 Å². The van der Waals surface area contributed by atoms with Crippen LogP contribution in [0.4, 0.5) is 4.79 Å². The molecule has 4 fully saturated rings. The summed E-state index contributed by atoms with van der Waals surface area (Å²) in [5, 5.41) is 13.8. The number of carboxylic acid groups (broad SMARTS) is 1. The van der Waals surface area contributed by atoms with Gasteiger partial charge in [-0.25, -0.2) is 4.79 Å². The molecule has 4 aliphatic carbocycles. The molecule has 6 nitrogen and oxygen atoms in total. The highest BCUT2D eigenvalue weighted by atomic mass is 127. The number of ether oxygens (including phenoxy) is 1. The number of rotatable bonds is 6. The fraction of sp³-hybridized carbons (Fsp3) is 0.810. The predicted molar refractivity (Wildman–Crippen MR) is 115 cm³/mol. The van der Waals surface area contributed by atoms with Crippen LogP contribution in [-0.4, -0.2) is 51.7 Å². The second-order valence-electron chi connectivity index (χ2n) is 10.7. The van der Waals surface area contributed by atoms with Gasteiger partial charge in [0.2, 0.25) is 0 Å². The summed E-state index contributed by atoms with van der Waals surface area (Å²) in [6, 6.07) is 0. The zero-order valence-corrected chi connectivity index (χ0v) is 19.6. The molecule has 7 heteroatoms. The van der Waals surface area contributed by atoms with Gasteiger partial charge in [-0.2, -0.15) is 5.10 Å². The molecule has 4 aliphatic rings. The van der Waals surface area contributed by atoms with Crippen LogP contribution in [0, 0.1) is 26.7 Å². The molecule has 4 saturated carbocycles. The van der Waals surface area contributed by atoms with Crippen LogP contribution >= 0.6 is 22.6 Å². The number of amides is 1. The molecule has 0 aliphatic heterocycles. The number of aromatic nitrogens is 2. The van der Waals surface area contributed by atoms with Crippen molar-refractivity contribution in [3.63, 3.8) is 0 Å². The third-order valence-electron chi connectivity index (χ3n) is 7.34. The number of hydrogen-bond donors (Lipinski definition) is 1. The van der Waals surface area contributed by atoms with Gasteiger partial charge in [-0.1, -0.05) is 13.8 Å². The summed E-state index contributed by atoms with van der Waals surface area (Å²) in [5.74, 6) is 0. The van der Waals surface area contributed by atoms with Crippen molar-refractivity contribution in [2.75, 3.05) is 20.2 Å². The maximum atomic E-state index is 11.1. The largest absolute Gasteiger partial charge is 0.465 e. The van der Waals surface area contributed by atoms with E-state index in [1.54, 1.807) is 7.05 Å². The third-order valence-corrected chi connectivity index (χ3v) is 8.40. The Morgan fingerprint density at radius 2 is 1.89 bits per heavy atom. The first-order valence-electron chi connectivity index (χ1n) is 10.2. The molecule has 0 saturated heterocycles. The van der Waals surface area contributed by atoms with Crippen LogP contribution in [0.5, 0.6) is 0 Å². The second-order valence-corrected chi connectivity index (χ2v) is 11.8. The molecule has 1 aromatic rings. The summed E-state index contributed by atoms with van der Waals surface area (Å²) in [6.45, 7) is 8.91. The van der Waals surface area contributed by atoms with Crippen molar-refractivity contribution in [1.29, 1.82) is 0 Å². The summed E-state index contributed by atoms with van der Waals surface area (Å²) in [7, 11) is 1.61. The molecule has 1 amide bonds. The average Bonchev–Trinajstić information content (AvgIpc) is 2.82. The van der Waals surface area contributed by atoms with Crippen molar-refractivity contribution in [2.24, 2.45) is 16.2 Å². The summed E-state index contributed by atoms with van der Waals surface area (Å²) >= 11 is 2.36. The second kappa shape index (κ2) is 6.59. The zero-order valence-electron chi connectivity index (χ0n) is 17.4. The van der Waals surface area contributed by atoms with Gasteiger partial charge in [-0.3, -0.25) is 4.68 Å². The normalized spacial score (nSPS) is 38.8. The van der Waals surface area contributed by atoms with E-state index in [4.69, 9.17) is 9.84 Å². The van der Waals surface area contributed by atoms with E-state index in [1.165, 1.54) is 33.4 Å². The van der Waals surface area contributed by atoms with Crippen molar-refractivity contribution in [2.45, 2.75) is 71.4 Å². The lowest BCUT2D eigenvalue weighted by atomic mass is 9.39. The molecule has 0 spiro atoms. The quantitative estimate of drug-likeness (QED) is 0.582. The van der Waals surface area contributed by atoms with Gasteiger partial charge in [-0.15, -0.1) is 0 Å². The molecular formula is C21H32IN3O3. The molecular weight excluding hydrogens is 469 g/mol.